The zero-order chi connectivity index (χ0) is 15.0. The second-order valence-electron chi connectivity index (χ2n) is 4.90. The summed E-state index contributed by atoms with van der Waals surface area (Å²) in [7, 11) is 0. The number of carbonyl (C=O) groups excluding carboxylic acids is 1. The molecule has 1 heterocycles. The second-order valence-corrected chi connectivity index (χ2v) is 5.91. The number of aromatic nitrogens is 2. The third-order valence-electron chi connectivity index (χ3n) is 3.25. The van der Waals surface area contributed by atoms with Gasteiger partial charge in [-0.2, -0.15) is 0 Å². The van der Waals surface area contributed by atoms with Crippen LogP contribution < -0.4 is 5.32 Å². The molecule has 8 heteroatoms. The van der Waals surface area contributed by atoms with Gasteiger partial charge in [0.05, 0.1) is 4.92 Å². The van der Waals surface area contributed by atoms with Crippen molar-refractivity contribution in [1.29, 1.82) is 0 Å². The molecule has 1 fully saturated rings. The Bertz CT molecular complexity index is 724. The Morgan fingerprint density at radius 1 is 1.43 bits per heavy atom. The standard InChI is InChI=1S/C13H12N4O3S/c1-7-3-2-4-9(10(7)17(19)20)11(18)14-13-16-15-12(21-13)8-5-6-8/h2-4,8H,5-6H2,1H3,(H,14,16,18). The zero-order valence-corrected chi connectivity index (χ0v) is 12.0. The molecule has 1 saturated carbocycles. The summed E-state index contributed by atoms with van der Waals surface area (Å²) in [6.07, 6.45) is 2.21. The Balaban J connectivity index is 1.84. The lowest BCUT2D eigenvalue weighted by molar-refractivity contribution is -0.385. The van der Waals surface area contributed by atoms with Crippen molar-refractivity contribution in [2.45, 2.75) is 25.7 Å². The van der Waals surface area contributed by atoms with E-state index < -0.39 is 10.8 Å². The number of nitro groups is 1. The van der Waals surface area contributed by atoms with Crippen molar-refractivity contribution >= 4 is 28.1 Å². The topological polar surface area (TPSA) is 98.0 Å². The fourth-order valence-electron chi connectivity index (χ4n) is 2.03. The summed E-state index contributed by atoms with van der Waals surface area (Å²) in [5.74, 6) is -0.0784. The summed E-state index contributed by atoms with van der Waals surface area (Å²) in [5.41, 5.74) is 0.300. The molecular weight excluding hydrogens is 292 g/mol. The Hall–Kier alpha value is -2.35. The molecule has 3 rings (SSSR count). The van der Waals surface area contributed by atoms with Crippen LogP contribution >= 0.6 is 11.3 Å². The van der Waals surface area contributed by atoms with Crippen LogP contribution in [0.15, 0.2) is 18.2 Å². The number of benzene rings is 1. The maximum Gasteiger partial charge on any atom is 0.285 e. The van der Waals surface area contributed by atoms with Crippen LogP contribution in [-0.4, -0.2) is 21.0 Å². The van der Waals surface area contributed by atoms with Crippen molar-refractivity contribution in [3.8, 4) is 0 Å². The van der Waals surface area contributed by atoms with Gasteiger partial charge < -0.3 is 0 Å². The van der Waals surface area contributed by atoms with E-state index >= 15 is 0 Å². The summed E-state index contributed by atoms with van der Waals surface area (Å²) in [6, 6.07) is 4.65. The molecule has 0 aliphatic heterocycles. The molecule has 1 aromatic carbocycles. The maximum absolute atomic E-state index is 12.2. The van der Waals surface area contributed by atoms with Gasteiger partial charge in [-0.1, -0.05) is 23.5 Å². The molecule has 1 aromatic heterocycles. The largest absolute Gasteiger partial charge is 0.296 e. The van der Waals surface area contributed by atoms with Crippen molar-refractivity contribution in [2.24, 2.45) is 0 Å². The highest BCUT2D eigenvalue weighted by Crippen LogP contribution is 2.42. The lowest BCUT2D eigenvalue weighted by Gasteiger charge is -2.04. The van der Waals surface area contributed by atoms with E-state index in [2.05, 4.69) is 15.5 Å². The summed E-state index contributed by atoms with van der Waals surface area (Å²) in [4.78, 5) is 22.8. The molecule has 0 atom stereocenters. The van der Waals surface area contributed by atoms with E-state index in [1.54, 1.807) is 19.1 Å². The van der Waals surface area contributed by atoms with E-state index in [0.717, 1.165) is 17.8 Å². The Kier molecular flexibility index (Phi) is 3.38. The molecule has 1 N–H and O–H groups in total. The van der Waals surface area contributed by atoms with Gasteiger partial charge in [-0.3, -0.25) is 20.2 Å². The monoisotopic (exact) mass is 304 g/mol. The Labute approximate surface area is 124 Å². The van der Waals surface area contributed by atoms with Crippen LogP contribution in [0, 0.1) is 17.0 Å². The lowest BCUT2D eigenvalue weighted by Crippen LogP contribution is -2.14. The third kappa shape index (κ3) is 2.75. The molecule has 7 nitrogen and oxygen atoms in total. The summed E-state index contributed by atoms with van der Waals surface area (Å²) in [6.45, 7) is 1.60. The SMILES string of the molecule is Cc1cccc(C(=O)Nc2nnc(C3CC3)s2)c1[N+](=O)[O-]. The predicted molar refractivity (Wildman–Crippen MR) is 77.7 cm³/mol. The van der Waals surface area contributed by atoms with Crippen LogP contribution in [0.2, 0.25) is 0 Å². The smallest absolute Gasteiger partial charge is 0.285 e. The molecule has 1 aliphatic rings. The summed E-state index contributed by atoms with van der Waals surface area (Å²) in [5, 5.41) is 22.9. The normalized spacial score (nSPS) is 14.0. The number of carbonyl (C=O) groups is 1. The van der Waals surface area contributed by atoms with Crippen LogP contribution in [0.4, 0.5) is 10.8 Å². The van der Waals surface area contributed by atoms with E-state index in [4.69, 9.17) is 0 Å². The Morgan fingerprint density at radius 2 is 2.19 bits per heavy atom. The number of nitro benzene ring substituents is 1. The van der Waals surface area contributed by atoms with Crippen molar-refractivity contribution in [2.75, 3.05) is 5.32 Å². The van der Waals surface area contributed by atoms with Gasteiger partial charge in [0, 0.05) is 11.5 Å². The number of hydrogen-bond acceptors (Lipinski definition) is 6. The lowest BCUT2D eigenvalue weighted by atomic mass is 10.1. The number of anilines is 1. The minimum absolute atomic E-state index is 0.0307. The average Bonchev–Trinajstić information content (AvgIpc) is 3.19. The minimum atomic E-state index is -0.542. The fraction of sp³-hybridized carbons (Fsp3) is 0.308. The summed E-state index contributed by atoms with van der Waals surface area (Å²) < 4.78 is 0. The fourth-order valence-corrected chi connectivity index (χ4v) is 2.94. The third-order valence-corrected chi connectivity index (χ3v) is 4.25. The van der Waals surface area contributed by atoms with Crippen molar-refractivity contribution in [1.82, 2.24) is 10.2 Å². The number of para-hydroxylation sites is 1. The first kappa shape index (κ1) is 13.6. The minimum Gasteiger partial charge on any atom is -0.296 e. The molecule has 0 bridgehead atoms. The first-order chi connectivity index (χ1) is 10.1. The van der Waals surface area contributed by atoms with Crippen LogP contribution in [-0.2, 0) is 0 Å². The number of nitrogens with one attached hydrogen (secondary N) is 1. The van der Waals surface area contributed by atoms with Crippen molar-refractivity contribution in [3.63, 3.8) is 0 Å². The summed E-state index contributed by atoms with van der Waals surface area (Å²) >= 11 is 1.32. The molecule has 0 radical (unpaired) electrons. The first-order valence-corrected chi connectivity index (χ1v) is 7.26. The second kappa shape index (κ2) is 5.21. The molecular formula is C13H12N4O3S. The molecule has 0 spiro atoms. The molecule has 2 aromatic rings. The highest BCUT2D eigenvalue weighted by atomic mass is 32.1. The first-order valence-electron chi connectivity index (χ1n) is 6.45. The zero-order valence-electron chi connectivity index (χ0n) is 11.2. The molecule has 0 saturated heterocycles. The number of hydrogen-bond donors (Lipinski definition) is 1. The van der Waals surface area contributed by atoms with Crippen LogP contribution in [0.3, 0.4) is 0 Å². The van der Waals surface area contributed by atoms with E-state index in [-0.39, 0.29) is 11.3 Å². The van der Waals surface area contributed by atoms with E-state index in [1.807, 2.05) is 0 Å². The van der Waals surface area contributed by atoms with Crippen LogP contribution in [0.5, 0.6) is 0 Å². The van der Waals surface area contributed by atoms with Gasteiger partial charge in [-0.15, -0.1) is 10.2 Å². The highest BCUT2D eigenvalue weighted by Gasteiger charge is 2.28. The number of nitrogens with zero attached hydrogens (tertiary/aromatic N) is 3. The van der Waals surface area contributed by atoms with Crippen molar-refractivity contribution < 1.29 is 9.72 Å². The van der Waals surface area contributed by atoms with Gasteiger partial charge in [0.25, 0.3) is 11.6 Å². The van der Waals surface area contributed by atoms with Gasteiger partial charge in [-0.25, -0.2) is 0 Å². The van der Waals surface area contributed by atoms with E-state index in [0.29, 0.717) is 16.6 Å². The van der Waals surface area contributed by atoms with Gasteiger partial charge in [-0.05, 0) is 25.8 Å². The highest BCUT2D eigenvalue weighted by molar-refractivity contribution is 7.15. The van der Waals surface area contributed by atoms with Gasteiger partial charge >= 0.3 is 0 Å². The van der Waals surface area contributed by atoms with E-state index in [1.165, 1.54) is 17.4 Å². The molecule has 21 heavy (non-hydrogen) atoms. The van der Waals surface area contributed by atoms with Crippen LogP contribution in [0.25, 0.3) is 0 Å². The Morgan fingerprint density at radius 3 is 2.86 bits per heavy atom. The van der Waals surface area contributed by atoms with Gasteiger partial charge in [0.15, 0.2) is 0 Å². The molecule has 108 valence electrons. The molecule has 1 aliphatic carbocycles. The molecule has 1 amide bonds. The average molecular weight is 304 g/mol. The number of rotatable bonds is 4. The molecule has 0 unspecified atom stereocenters. The van der Waals surface area contributed by atoms with Gasteiger partial charge in [0.2, 0.25) is 5.13 Å². The number of amides is 1. The van der Waals surface area contributed by atoms with Crippen LogP contribution in [0.1, 0.15) is 39.7 Å². The predicted octanol–water partition coefficient (Wildman–Crippen LogP) is 2.88. The van der Waals surface area contributed by atoms with E-state index in [9.17, 15) is 14.9 Å². The maximum atomic E-state index is 12.2. The number of aryl methyl sites for hydroxylation is 1. The van der Waals surface area contributed by atoms with Crippen molar-refractivity contribution in [3.05, 3.63) is 44.4 Å². The van der Waals surface area contributed by atoms with Gasteiger partial charge in [0.1, 0.15) is 10.6 Å². The quantitative estimate of drug-likeness (QED) is 0.691.